The molecule has 0 aliphatic carbocycles. The lowest BCUT2D eigenvalue weighted by Gasteiger charge is -1.99. The SMILES string of the molecule is Cc1ccc(-c2cc(NC(=O)CSc3nnnn3C)on2)cc1. The molecule has 3 aromatic rings. The van der Waals surface area contributed by atoms with Crippen molar-refractivity contribution in [2.24, 2.45) is 7.05 Å². The highest BCUT2D eigenvalue weighted by molar-refractivity contribution is 7.99. The zero-order chi connectivity index (χ0) is 16.2. The molecule has 0 aliphatic rings. The number of thioether (sulfide) groups is 1. The summed E-state index contributed by atoms with van der Waals surface area (Å²) in [6.07, 6.45) is 0. The highest BCUT2D eigenvalue weighted by Crippen LogP contribution is 2.22. The van der Waals surface area contributed by atoms with Gasteiger partial charge in [-0.1, -0.05) is 46.7 Å². The fourth-order valence-corrected chi connectivity index (χ4v) is 2.49. The number of nitrogens with zero attached hydrogens (tertiary/aromatic N) is 5. The van der Waals surface area contributed by atoms with Crippen molar-refractivity contribution in [2.75, 3.05) is 11.1 Å². The minimum absolute atomic E-state index is 0.175. The molecule has 0 aliphatic heterocycles. The topological polar surface area (TPSA) is 98.7 Å². The second-order valence-electron chi connectivity index (χ2n) is 4.86. The van der Waals surface area contributed by atoms with Gasteiger partial charge in [0.05, 0.1) is 5.75 Å². The first kappa shape index (κ1) is 15.2. The number of benzene rings is 1. The van der Waals surface area contributed by atoms with Crippen LogP contribution in [0.25, 0.3) is 11.3 Å². The fraction of sp³-hybridized carbons (Fsp3) is 0.214. The molecule has 1 amide bonds. The summed E-state index contributed by atoms with van der Waals surface area (Å²) in [5.74, 6) is 0.265. The van der Waals surface area contributed by atoms with Crippen molar-refractivity contribution in [3.05, 3.63) is 35.9 Å². The summed E-state index contributed by atoms with van der Waals surface area (Å²) in [5, 5.41) is 18.2. The second-order valence-corrected chi connectivity index (χ2v) is 5.81. The number of rotatable bonds is 5. The Kier molecular flexibility index (Phi) is 4.38. The van der Waals surface area contributed by atoms with Crippen molar-refractivity contribution in [3.8, 4) is 11.3 Å². The van der Waals surface area contributed by atoms with Crippen LogP contribution in [0.15, 0.2) is 40.0 Å². The largest absolute Gasteiger partial charge is 0.338 e. The molecule has 3 rings (SSSR count). The van der Waals surface area contributed by atoms with Crippen LogP contribution in [0, 0.1) is 6.92 Å². The van der Waals surface area contributed by atoms with Crippen LogP contribution in [0.5, 0.6) is 0 Å². The van der Waals surface area contributed by atoms with Crippen molar-refractivity contribution in [1.29, 1.82) is 0 Å². The lowest BCUT2D eigenvalue weighted by molar-refractivity contribution is -0.113. The van der Waals surface area contributed by atoms with Crippen LogP contribution in [0.2, 0.25) is 0 Å². The van der Waals surface area contributed by atoms with E-state index in [4.69, 9.17) is 4.52 Å². The van der Waals surface area contributed by atoms with Crippen LogP contribution in [0.3, 0.4) is 0 Å². The van der Waals surface area contributed by atoms with Gasteiger partial charge in [0.1, 0.15) is 5.69 Å². The zero-order valence-electron chi connectivity index (χ0n) is 12.6. The van der Waals surface area contributed by atoms with Gasteiger partial charge < -0.3 is 4.52 Å². The maximum atomic E-state index is 11.9. The van der Waals surface area contributed by atoms with Gasteiger partial charge in [-0.3, -0.25) is 10.1 Å². The predicted octanol–water partition coefficient (Wildman–Crippen LogP) is 1.90. The lowest BCUT2D eigenvalue weighted by atomic mass is 10.1. The van der Waals surface area contributed by atoms with Gasteiger partial charge in [-0.05, 0) is 17.4 Å². The van der Waals surface area contributed by atoms with Crippen molar-refractivity contribution in [2.45, 2.75) is 12.1 Å². The van der Waals surface area contributed by atoms with E-state index in [1.807, 2.05) is 31.2 Å². The highest BCUT2D eigenvalue weighted by Gasteiger charge is 2.11. The molecule has 2 aromatic heterocycles. The maximum Gasteiger partial charge on any atom is 0.237 e. The number of aromatic nitrogens is 5. The summed E-state index contributed by atoms with van der Waals surface area (Å²) in [4.78, 5) is 11.9. The minimum Gasteiger partial charge on any atom is -0.338 e. The number of aryl methyl sites for hydroxylation is 2. The minimum atomic E-state index is -0.218. The van der Waals surface area contributed by atoms with Gasteiger partial charge in [-0.15, -0.1) is 5.10 Å². The summed E-state index contributed by atoms with van der Waals surface area (Å²) >= 11 is 1.24. The standard InChI is InChI=1S/C14H14N6O2S/c1-9-3-5-10(6-4-9)11-7-13(22-17-11)15-12(21)8-23-14-16-18-19-20(14)2/h3-7H,8H2,1-2H3,(H,15,21). The monoisotopic (exact) mass is 330 g/mol. The molecule has 0 fully saturated rings. The fourth-order valence-electron chi connectivity index (χ4n) is 1.84. The van der Waals surface area contributed by atoms with Gasteiger partial charge in [-0.25, -0.2) is 4.68 Å². The van der Waals surface area contributed by atoms with E-state index in [0.717, 1.165) is 5.56 Å². The first-order valence-electron chi connectivity index (χ1n) is 6.80. The first-order chi connectivity index (χ1) is 11.1. The van der Waals surface area contributed by atoms with E-state index in [0.29, 0.717) is 16.7 Å². The third-order valence-electron chi connectivity index (χ3n) is 3.03. The summed E-state index contributed by atoms with van der Waals surface area (Å²) in [7, 11) is 1.71. The Labute approximate surface area is 136 Å². The van der Waals surface area contributed by atoms with Gasteiger partial charge >= 0.3 is 0 Å². The van der Waals surface area contributed by atoms with Crippen LogP contribution in [-0.2, 0) is 11.8 Å². The molecule has 1 N–H and O–H groups in total. The molecule has 0 saturated heterocycles. The number of carbonyl (C=O) groups excluding carboxylic acids is 1. The normalized spacial score (nSPS) is 10.7. The molecular formula is C14H14N6O2S. The number of nitrogens with one attached hydrogen (secondary N) is 1. The van der Waals surface area contributed by atoms with E-state index in [9.17, 15) is 4.79 Å². The van der Waals surface area contributed by atoms with Crippen LogP contribution in [-0.4, -0.2) is 37.0 Å². The van der Waals surface area contributed by atoms with Crippen LogP contribution in [0.4, 0.5) is 5.88 Å². The van der Waals surface area contributed by atoms with E-state index in [-0.39, 0.29) is 11.7 Å². The molecule has 0 saturated carbocycles. The summed E-state index contributed by atoms with van der Waals surface area (Å²) < 4.78 is 6.65. The Morgan fingerprint density at radius 1 is 1.35 bits per heavy atom. The predicted molar refractivity (Wildman–Crippen MR) is 84.8 cm³/mol. The Bertz CT molecular complexity index is 811. The summed E-state index contributed by atoms with van der Waals surface area (Å²) in [6, 6.07) is 9.59. The summed E-state index contributed by atoms with van der Waals surface area (Å²) in [6.45, 7) is 2.02. The number of anilines is 1. The van der Waals surface area contributed by atoms with E-state index < -0.39 is 0 Å². The van der Waals surface area contributed by atoms with E-state index in [1.165, 1.54) is 22.0 Å². The van der Waals surface area contributed by atoms with Crippen molar-refractivity contribution < 1.29 is 9.32 Å². The molecule has 118 valence electrons. The molecule has 0 unspecified atom stereocenters. The van der Waals surface area contributed by atoms with E-state index >= 15 is 0 Å². The zero-order valence-corrected chi connectivity index (χ0v) is 13.4. The molecule has 0 spiro atoms. The number of hydrogen-bond acceptors (Lipinski definition) is 7. The smallest absolute Gasteiger partial charge is 0.237 e. The quantitative estimate of drug-likeness (QED) is 0.713. The third-order valence-corrected chi connectivity index (χ3v) is 4.04. The Morgan fingerprint density at radius 2 is 2.13 bits per heavy atom. The van der Waals surface area contributed by atoms with Crippen LogP contribution < -0.4 is 5.32 Å². The average Bonchev–Trinajstić information content (AvgIpc) is 3.15. The molecule has 1 aromatic carbocycles. The highest BCUT2D eigenvalue weighted by atomic mass is 32.2. The van der Waals surface area contributed by atoms with Crippen LogP contribution in [0.1, 0.15) is 5.56 Å². The Balaban J connectivity index is 1.59. The lowest BCUT2D eigenvalue weighted by Crippen LogP contribution is -2.14. The number of amides is 1. The van der Waals surface area contributed by atoms with Crippen molar-refractivity contribution in [1.82, 2.24) is 25.4 Å². The first-order valence-corrected chi connectivity index (χ1v) is 7.79. The van der Waals surface area contributed by atoms with Crippen LogP contribution >= 0.6 is 11.8 Å². The molecule has 9 heteroatoms. The Morgan fingerprint density at radius 3 is 2.83 bits per heavy atom. The molecule has 0 bridgehead atoms. The molecule has 8 nitrogen and oxygen atoms in total. The van der Waals surface area contributed by atoms with Crippen molar-refractivity contribution in [3.63, 3.8) is 0 Å². The van der Waals surface area contributed by atoms with E-state index in [1.54, 1.807) is 13.1 Å². The molecule has 0 atom stereocenters. The maximum absolute atomic E-state index is 11.9. The van der Waals surface area contributed by atoms with Gasteiger partial charge in [-0.2, -0.15) is 0 Å². The molecular weight excluding hydrogens is 316 g/mol. The molecule has 2 heterocycles. The van der Waals surface area contributed by atoms with Gasteiger partial charge in [0.15, 0.2) is 0 Å². The van der Waals surface area contributed by atoms with E-state index in [2.05, 4.69) is 26.0 Å². The molecule has 23 heavy (non-hydrogen) atoms. The number of tetrazole rings is 1. The molecule has 0 radical (unpaired) electrons. The van der Waals surface area contributed by atoms with Gasteiger partial charge in [0.25, 0.3) is 0 Å². The average molecular weight is 330 g/mol. The van der Waals surface area contributed by atoms with Crippen molar-refractivity contribution >= 4 is 23.6 Å². The Hall–Kier alpha value is -2.68. The van der Waals surface area contributed by atoms with Gasteiger partial charge in [0.2, 0.25) is 16.9 Å². The van der Waals surface area contributed by atoms with Gasteiger partial charge in [0, 0.05) is 18.7 Å². The number of hydrogen-bond donors (Lipinski definition) is 1. The summed E-state index contributed by atoms with van der Waals surface area (Å²) in [5.41, 5.74) is 2.77. The third kappa shape index (κ3) is 3.75. The second kappa shape index (κ2) is 6.61. The number of carbonyl (C=O) groups is 1.